The molecule has 5 rings (SSSR count). The fourth-order valence-corrected chi connectivity index (χ4v) is 6.80. The Morgan fingerprint density at radius 3 is 1.90 bits per heavy atom. The third-order valence-corrected chi connectivity index (χ3v) is 10.5. The van der Waals surface area contributed by atoms with Crippen molar-refractivity contribution in [2.24, 2.45) is 0 Å². The lowest BCUT2D eigenvalue weighted by atomic mass is 9.84. The van der Waals surface area contributed by atoms with Crippen molar-refractivity contribution in [3.63, 3.8) is 0 Å². The molecule has 0 aliphatic rings. The number of carboxylic acid groups (broad SMARTS) is 1. The monoisotopic (exact) mass is 929 g/mol. The van der Waals surface area contributed by atoms with Crippen LogP contribution in [0.4, 0.5) is 20.2 Å². The molecule has 18 heteroatoms. The summed E-state index contributed by atoms with van der Waals surface area (Å²) >= 11 is 0.730. The van der Waals surface area contributed by atoms with Gasteiger partial charge in [0.2, 0.25) is 0 Å². The number of hydrogen-bond donors (Lipinski definition) is 4. The smallest absolute Gasteiger partial charge is 0.341 e. The number of hydrogen-bond acceptors (Lipinski definition) is 10. The third-order valence-electron chi connectivity index (χ3n) is 8.22. The van der Waals surface area contributed by atoms with Gasteiger partial charge in [-0.3, -0.25) is 8.93 Å². The Morgan fingerprint density at radius 1 is 0.850 bits per heavy atom. The molecule has 1 unspecified atom stereocenters. The van der Waals surface area contributed by atoms with E-state index in [0.717, 1.165) is 21.7 Å². The van der Waals surface area contributed by atoms with Crippen LogP contribution in [0, 0.1) is 11.6 Å². The summed E-state index contributed by atoms with van der Waals surface area (Å²) in [5.74, 6) is -4.60. The molecule has 0 bridgehead atoms. The molecular formula is C42H40BrF2N2O11S2-. The van der Waals surface area contributed by atoms with Gasteiger partial charge >= 0.3 is 17.9 Å². The van der Waals surface area contributed by atoms with Crippen molar-refractivity contribution in [1.82, 2.24) is 0 Å². The highest BCUT2D eigenvalue weighted by molar-refractivity contribution is 9.10. The molecule has 0 amide bonds. The Labute approximate surface area is 356 Å². The lowest BCUT2D eigenvalue weighted by Crippen LogP contribution is -2.17. The van der Waals surface area contributed by atoms with Crippen molar-refractivity contribution in [3.8, 4) is 16.9 Å². The summed E-state index contributed by atoms with van der Waals surface area (Å²) in [6, 6.07) is 25.4. The first kappa shape index (κ1) is 48.4. The number of halogens is 3. The van der Waals surface area contributed by atoms with Crippen LogP contribution in [0.3, 0.4) is 0 Å². The van der Waals surface area contributed by atoms with Gasteiger partial charge < -0.3 is 29.0 Å². The van der Waals surface area contributed by atoms with Gasteiger partial charge in [-0.25, -0.2) is 31.6 Å². The van der Waals surface area contributed by atoms with Gasteiger partial charge in [0, 0.05) is 27.2 Å². The number of para-hydroxylation sites is 1. The molecule has 60 heavy (non-hydrogen) atoms. The number of sulfonamides is 1. The topological polar surface area (TPSA) is 208 Å². The van der Waals surface area contributed by atoms with Crippen LogP contribution >= 0.6 is 15.9 Å². The van der Waals surface area contributed by atoms with Gasteiger partial charge in [-0.1, -0.05) is 78.3 Å². The van der Waals surface area contributed by atoms with E-state index < -0.39 is 62.0 Å². The van der Waals surface area contributed by atoms with Gasteiger partial charge in [-0.15, -0.1) is 6.58 Å². The minimum atomic E-state index is -3.99. The fourth-order valence-electron chi connectivity index (χ4n) is 5.12. The van der Waals surface area contributed by atoms with Gasteiger partial charge in [0.15, 0.2) is 5.75 Å². The highest BCUT2D eigenvalue weighted by Gasteiger charge is 2.24. The molecule has 0 aliphatic heterocycles. The summed E-state index contributed by atoms with van der Waals surface area (Å²) < 4.78 is 87.3. The van der Waals surface area contributed by atoms with Gasteiger partial charge in [0.1, 0.15) is 17.2 Å². The number of esters is 2. The minimum Gasteiger partial charge on any atom is -0.755 e. The Morgan fingerprint density at radius 2 is 1.38 bits per heavy atom. The zero-order valence-corrected chi connectivity index (χ0v) is 35.8. The van der Waals surface area contributed by atoms with Crippen LogP contribution in [0.25, 0.3) is 11.1 Å². The summed E-state index contributed by atoms with van der Waals surface area (Å²) in [4.78, 5) is 34.8. The molecule has 0 fully saturated rings. The van der Waals surface area contributed by atoms with E-state index in [0.29, 0.717) is 5.56 Å². The number of rotatable bonds is 13. The molecule has 1 atom stereocenters. The number of anilines is 2. The van der Waals surface area contributed by atoms with Crippen LogP contribution in [0.1, 0.15) is 64.3 Å². The van der Waals surface area contributed by atoms with E-state index in [2.05, 4.69) is 32.0 Å². The van der Waals surface area contributed by atoms with Crippen molar-refractivity contribution in [2.75, 3.05) is 22.7 Å². The molecule has 0 saturated heterocycles. The molecule has 0 aromatic heterocycles. The van der Waals surface area contributed by atoms with E-state index in [1.807, 2.05) is 38.1 Å². The molecule has 5 aromatic carbocycles. The molecule has 5 aromatic rings. The highest BCUT2D eigenvalue weighted by Crippen LogP contribution is 2.31. The Balaban J connectivity index is 0.000000257. The van der Waals surface area contributed by atoms with E-state index in [9.17, 15) is 45.5 Å². The van der Waals surface area contributed by atoms with Crippen molar-refractivity contribution >= 4 is 66.5 Å². The first-order valence-corrected chi connectivity index (χ1v) is 21.0. The van der Waals surface area contributed by atoms with E-state index in [-0.39, 0.29) is 46.2 Å². The lowest BCUT2D eigenvalue weighted by molar-refractivity contribution is 0.0480. The van der Waals surface area contributed by atoms with Gasteiger partial charge in [0.25, 0.3) is 10.0 Å². The van der Waals surface area contributed by atoms with E-state index in [4.69, 9.17) is 14.6 Å². The first-order chi connectivity index (χ1) is 28.3. The molecular weight excluding hydrogens is 890 g/mol. The SMILES string of the molecule is C=CC(C)(C)c1ccc(F)cc1F.CCOC(=O)c1cccc(NS(=O)[O-])c1C(=O)OCC.O=C(O)c1cccc(NS(=O)(=O)c2ccc(-c3ccc(Br)cc3)cc2)c1O. The lowest BCUT2D eigenvalue weighted by Gasteiger charge is -2.20. The van der Waals surface area contributed by atoms with Crippen LogP contribution < -0.4 is 9.44 Å². The number of phenols is 1. The second-order valence-corrected chi connectivity index (χ2v) is 16.0. The second-order valence-electron chi connectivity index (χ2n) is 12.7. The zero-order chi connectivity index (χ0) is 44.8. The Kier molecular flexibility index (Phi) is 17.7. The number of nitrogens with one attached hydrogen (secondary N) is 2. The maximum Gasteiger partial charge on any atom is 0.341 e. The number of aromatic carboxylic acids is 1. The summed E-state index contributed by atoms with van der Waals surface area (Å²) in [7, 11) is -3.99. The van der Waals surface area contributed by atoms with E-state index in [1.54, 1.807) is 32.1 Å². The number of carboxylic acids is 1. The standard InChI is InChI=1S/C19H14BrNO5S.C12H15NO6S.C11H12F2/c20-14-8-4-12(5-9-14)13-6-10-15(11-7-13)27(25,26)21-17-3-1-2-16(18(17)22)19(23)24;1-3-18-11(14)8-6-5-7-9(13-20(16)17)10(8)12(15)19-4-2;1-4-11(2,3)9-6-5-8(12)7-10(9)13/h1-11,21-22H,(H,23,24);5-7,13H,3-4H2,1-2H3,(H,16,17);4-7H,1H2,2-3H3/p-1. The van der Waals surface area contributed by atoms with Gasteiger partial charge in [-0.2, -0.15) is 0 Å². The average Bonchev–Trinajstić information content (AvgIpc) is 3.19. The Hall–Kier alpha value is -5.95. The van der Waals surface area contributed by atoms with Crippen LogP contribution in [0.2, 0.25) is 0 Å². The van der Waals surface area contributed by atoms with E-state index >= 15 is 0 Å². The number of carbonyl (C=O) groups excluding carboxylic acids is 2. The zero-order valence-electron chi connectivity index (χ0n) is 32.5. The predicted octanol–water partition coefficient (Wildman–Crippen LogP) is 9.00. The quantitative estimate of drug-likeness (QED) is 0.0379. The van der Waals surface area contributed by atoms with Crippen molar-refractivity contribution in [1.29, 1.82) is 0 Å². The molecule has 0 radical (unpaired) electrons. The van der Waals surface area contributed by atoms with Crippen molar-refractivity contribution < 1.29 is 60.0 Å². The maximum absolute atomic E-state index is 13.2. The predicted molar refractivity (Wildman–Crippen MR) is 226 cm³/mol. The fraction of sp³-hybridized carbons (Fsp3) is 0.167. The van der Waals surface area contributed by atoms with Crippen LogP contribution in [0.15, 0.2) is 125 Å². The number of aromatic hydroxyl groups is 1. The summed E-state index contributed by atoms with van der Waals surface area (Å²) in [5, 5.41) is 19.0. The minimum absolute atomic E-state index is 0.0107. The molecule has 318 valence electrons. The highest BCUT2D eigenvalue weighted by atomic mass is 79.9. The summed E-state index contributed by atoms with van der Waals surface area (Å²) in [6.07, 6.45) is 1.64. The first-order valence-electron chi connectivity index (χ1n) is 17.6. The van der Waals surface area contributed by atoms with Gasteiger partial charge in [-0.05, 0) is 85.1 Å². The summed E-state index contributed by atoms with van der Waals surface area (Å²) in [6.45, 7) is 10.7. The van der Waals surface area contributed by atoms with E-state index in [1.165, 1.54) is 60.7 Å². The van der Waals surface area contributed by atoms with Crippen molar-refractivity contribution in [3.05, 3.63) is 154 Å². The third kappa shape index (κ3) is 13.3. The molecule has 0 spiro atoms. The molecule has 0 heterocycles. The summed E-state index contributed by atoms with van der Waals surface area (Å²) in [5.41, 5.74) is 0.924. The average molecular weight is 931 g/mol. The van der Waals surface area contributed by atoms with Crippen molar-refractivity contribution in [2.45, 2.75) is 38.0 Å². The number of benzene rings is 5. The Bertz CT molecular complexity index is 2470. The molecule has 0 saturated carbocycles. The maximum atomic E-state index is 13.2. The second kappa shape index (κ2) is 21.9. The van der Waals surface area contributed by atoms with Crippen LogP contribution in [-0.4, -0.2) is 58.5 Å². The van der Waals surface area contributed by atoms with Crippen LogP contribution in [-0.2, 0) is 36.2 Å². The molecule has 0 aliphatic carbocycles. The molecule has 4 N–H and O–H groups in total. The largest absolute Gasteiger partial charge is 0.755 e. The number of ether oxygens (including phenoxy) is 2. The van der Waals surface area contributed by atoms with Gasteiger partial charge in [0.05, 0.1) is 40.6 Å². The molecule has 13 nitrogen and oxygen atoms in total. The normalized spacial score (nSPS) is 11.3. The number of allylic oxidation sites excluding steroid dienone is 1. The van der Waals surface area contributed by atoms with Crippen LogP contribution in [0.5, 0.6) is 5.75 Å². The number of carbonyl (C=O) groups is 3.